The maximum absolute atomic E-state index is 5.49. The summed E-state index contributed by atoms with van der Waals surface area (Å²) in [5, 5.41) is -0.283. The van der Waals surface area contributed by atoms with Crippen molar-refractivity contribution in [2.75, 3.05) is 0 Å². The fraction of sp³-hybridized carbons (Fsp3) is 0.500. The summed E-state index contributed by atoms with van der Waals surface area (Å²) in [4.78, 5) is -0.986. The van der Waals surface area contributed by atoms with E-state index in [4.69, 9.17) is 81.2 Å². The number of halogens is 7. The monoisotopic (exact) mass is 294 g/mol. The van der Waals surface area contributed by atoms with E-state index in [1.54, 1.807) is 0 Å². The van der Waals surface area contributed by atoms with Crippen LogP contribution in [0.1, 0.15) is 0 Å². The van der Waals surface area contributed by atoms with Crippen LogP contribution in [0.2, 0.25) is 0 Å². The second-order valence-corrected chi connectivity index (χ2v) is 5.62. The topological polar surface area (TPSA) is 0 Å². The second-order valence-electron chi connectivity index (χ2n) is 1.46. The summed E-state index contributed by atoms with van der Waals surface area (Å²) in [6.07, 6.45) is 0. The molecule has 11 heavy (non-hydrogen) atoms. The molecule has 0 radical (unpaired) electrons. The van der Waals surface area contributed by atoms with Gasteiger partial charge in [0.15, 0.2) is 0 Å². The molecule has 0 aromatic heterocycles. The largest absolute Gasteiger partial charge is 0.227 e. The first-order valence-electron chi connectivity index (χ1n) is 2.17. The van der Waals surface area contributed by atoms with Gasteiger partial charge in [0.2, 0.25) is 3.79 Å². The Morgan fingerprint density at radius 1 is 1.00 bits per heavy atom. The fourth-order valence-corrected chi connectivity index (χ4v) is 1.26. The maximum Gasteiger partial charge on any atom is 0.227 e. The molecule has 0 rings (SSSR count). The summed E-state index contributed by atoms with van der Waals surface area (Å²) in [5.74, 6) is 0. The molecule has 0 unspecified atom stereocenters. The SMILES string of the molecule is Cl/C(=C(/Cl)C(Cl)(Cl)Cl)C(Cl)Cl. The van der Waals surface area contributed by atoms with Gasteiger partial charge in [-0.15, -0.1) is 0 Å². The molecule has 0 heterocycles. The summed E-state index contributed by atoms with van der Waals surface area (Å²) in [6.45, 7) is 0. The highest BCUT2D eigenvalue weighted by molar-refractivity contribution is 6.73. The molecule has 7 heteroatoms. The number of hydrogen-bond donors (Lipinski definition) is 0. The van der Waals surface area contributed by atoms with Gasteiger partial charge in [0, 0.05) is 0 Å². The van der Waals surface area contributed by atoms with Crippen molar-refractivity contribution in [3.63, 3.8) is 0 Å². The molecule has 0 N–H and O–H groups in total. The zero-order valence-electron chi connectivity index (χ0n) is 4.72. The van der Waals surface area contributed by atoms with E-state index >= 15 is 0 Å². The minimum Gasteiger partial charge on any atom is -0.0990 e. The first-order valence-corrected chi connectivity index (χ1v) is 4.93. The molecule has 0 aliphatic carbocycles. The van der Waals surface area contributed by atoms with E-state index in [2.05, 4.69) is 0 Å². The van der Waals surface area contributed by atoms with E-state index in [0.29, 0.717) is 0 Å². The van der Waals surface area contributed by atoms with Gasteiger partial charge in [-0.25, -0.2) is 0 Å². The number of hydrogen-bond acceptors (Lipinski definition) is 0. The molecule has 0 aliphatic heterocycles. The summed E-state index contributed by atoms with van der Waals surface area (Å²) < 4.78 is -1.78. The van der Waals surface area contributed by atoms with Crippen LogP contribution in [0, 0.1) is 0 Å². The van der Waals surface area contributed by atoms with Gasteiger partial charge in [-0.2, -0.15) is 0 Å². The molecule has 0 aromatic rings. The molecule has 0 saturated heterocycles. The number of rotatable bonds is 1. The van der Waals surface area contributed by atoms with Gasteiger partial charge in [0.05, 0.1) is 10.1 Å². The quantitative estimate of drug-likeness (QED) is 0.607. The van der Waals surface area contributed by atoms with Crippen LogP contribution in [0.3, 0.4) is 0 Å². The highest BCUT2D eigenvalue weighted by Gasteiger charge is 2.29. The predicted molar refractivity (Wildman–Crippen MR) is 54.5 cm³/mol. The Morgan fingerprint density at radius 3 is 1.45 bits per heavy atom. The van der Waals surface area contributed by atoms with Gasteiger partial charge >= 0.3 is 0 Å². The Kier molecular flexibility index (Phi) is 5.64. The highest BCUT2D eigenvalue weighted by Crippen LogP contribution is 2.41. The maximum atomic E-state index is 5.49. The lowest BCUT2D eigenvalue weighted by Gasteiger charge is -2.11. The zero-order valence-corrected chi connectivity index (χ0v) is 10.0. The lowest BCUT2D eigenvalue weighted by molar-refractivity contribution is 1.34. The second kappa shape index (κ2) is 4.85. The van der Waals surface area contributed by atoms with Crippen LogP contribution < -0.4 is 0 Å². The van der Waals surface area contributed by atoms with Crippen molar-refractivity contribution >= 4 is 81.2 Å². The standard InChI is InChI=1S/C4HCl7/c5-1(3(7)8)2(6)4(9,10)11/h3H/b2-1+. The molecular weight excluding hydrogens is 296 g/mol. The van der Waals surface area contributed by atoms with E-state index in [1.165, 1.54) is 0 Å². The predicted octanol–water partition coefficient (Wildman–Crippen LogP) is 4.85. The summed E-state index contributed by atoms with van der Waals surface area (Å²) >= 11 is 37.7. The smallest absolute Gasteiger partial charge is 0.0990 e. The first kappa shape index (κ1) is 12.8. The highest BCUT2D eigenvalue weighted by atomic mass is 35.6. The van der Waals surface area contributed by atoms with Gasteiger partial charge in [0.25, 0.3) is 0 Å². The minimum atomic E-state index is -1.78. The van der Waals surface area contributed by atoms with E-state index in [1.807, 2.05) is 0 Å². The molecule has 66 valence electrons. The fourth-order valence-electron chi connectivity index (χ4n) is 0.231. The van der Waals surface area contributed by atoms with E-state index in [0.717, 1.165) is 0 Å². The average Bonchev–Trinajstić information content (AvgIpc) is 1.82. The molecule has 0 spiro atoms. The Labute approximate surface area is 99.3 Å². The van der Waals surface area contributed by atoms with Crippen molar-refractivity contribution in [1.82, 2.24) is 0 Å². The summed E-state index contributed by atoms with van der Waals surface area (Å²) in [7, 11) is 0. The van der Waals surface area contributed by atoms with Crippen molar-refractivity contribution in [3.8, 4) is 0 Å². The van der Waals surface area contributed by atoms with Crippen LogP contribution in [-0.4, -0.2) is 8.63 Å². The molecule has 0 aromatic carbocycles. The van der Waals surface area contributed by atoms with Gasteiger partial charge < -0.3 is 0 Å². The Balaban J connectivity index is 4.67. The average molecular weight is 297 g/mol. The summed E-state index contributed by atoms with van der Waals surface area (Å²) in [6, 6.07) is 0. The Hall–Kier alpha value is 1.77. The molecule has 0 aliphatic rings. The Bertz CT molecular complexity index is 164. The molecule has 0 fully saturated rings. The molecule has 0 amide bonds. The lowest BCUT2D eigenvalue weighted by atomic mass is 10.5. The minimum absolute atomic E-state index is 0.0880. The normalized spacial score (nSPS) is 15.3. The van der Waals surface area contributed by atoms with Crippen molar-refractivity contribution in [2.24, 2.45) is 0 Å². The lowest BCUT2D eigenvalue weighted by Crippen LogP contribution is -2.05. The van der Waals surface area contributed by atoms with Crippen molar-refractivity contribution in [1.29, 1.82) is 0 Å². The van der Waals surface area contributed by atoms with Crippen molar-refractivity contribution in [2.45, 2.75) is 8.63 Å². The molecule has 0 nitrogen and oxygen atoms in total. The molecule has 0 atom stereocenters. The zero-order chi connectivity index (χ0) is 9.23. The first-order chi connectivity index (χ1) is 4.76. The van der Waals surface area contributed by atoms with Crippen LogP contribution in [0.25, 0.3) is 0 Å². The molecular formula is C4HCl7. The van der Waals surface area contributed by atoms with E-state index < -0.39 is 8.63 Å². The number of allylic oxidation sites excluding steroid dienone is 2. The van der Waals surface area contributed by atoms with Crippen LogP contribution in [-0.2, 0) is 0 Å². The van der Waals surface area contributed by atoms with Crippen LogP contribution in [0.15, 0.2) is 10.1 Å². The third-order valence-corrected chi connectivity index (χ3v) is 3.16. The molecule has 0 saturated carbocycles. The van der Waals surface area contributed by atoms with Gasteiger partial charge in [0.1, 0.15) is 4.84 Å². The van der Waals surface area contributed by atoms with Gasteiger partial charge in [-0.05, 0) is 0 Å². The van der Waals surface area contributed by atoms with Gasteiger partial charge in [-0.3, -0.25) is 0 Å². The third-order valence-electron chi connectivity index (χ3n) is 0.650. The van der Waals surface area contributed by atoms with E-state index in [-0.39, 0.29) is 10.1 Å². The van der Waals surface area contributed by atoms with Gasteiger partial charge in [-0.1, -0.05) is 81.2 Å². The number of alkyl halides is 5. The van der Waals surface area contributed by atoms with Crippen LogP contribution in [0.5, 0.6) is 0 Å². The van der Waals surface area contributed by atoms with Crippen LogP contribution in [0.4, 0.5) is 0 Å². The Morgan fingerprint density at radius 2 is 1.36 bits per heavy atom. The van der Waals surface area contributed by atoms with Crippen molar-refractivity contribution < 1.29 is 0 Å². The summed E-state index contributed by atoms with van der Waals surface area (Å²) in [5.41, 5.74) is 0. The van der Waals surface area contributed by atoms with Crippen LogP contribution >= 0.6 is 81.2 Å². The van der Waals surface area contributed by atoms with Crippen molar-refractivity contribution in [3.05, 3.63) is 10.1 Å². The molecule has 0 bridgehead atoms. The third kappa shape index (κ3) is 4.52. The van der Waals surface area contributed by atoms with E-state index in [9.17, 15) is 0 Å².